The predicted octanol–water partition coefficient (Wildman–Crippen LogP) is 3.43. The first-order chi connectivity index (χ1) is 8.52. The van der Waals surface area contributed by atoms with Gasteiger partial charge in [0.15, 0.2) is 0 Å². The molecule has 0 heterocycles. The molecule has 0 saturated carbocycles. The Morgan fingerprint density at radius 2 is 1.56 bits per heavy atom. The first-order valence-electron chi connectivity index (χ1n) is 5.05. The molecule has 0 saturated heterocycles. The number of nitrogen functional groups attached to an aromatic ring is 1. The summed E-state index contributed by atoms with van der Waals surface area (Å²) in [7, 11) is 0. The molecule has 0 radical (unpaired) electrons. The number of ketones is 1. The Hall–Kier alpha value is -1.94. The van der Waals surface area contributed by atoms with Gasteiger partial charge in [-0.15, -0.1) is 0 Å². The number of hydrogen-bond acceptors (Lipinski definition) is 2. The van der Waals surface area contributed by atoms with Crippen LogP contribution in [0, 0.1) is 11.6 Å². The third-order valence-electron chi connectivity index (χ3n) is 2.46. The van der Waals surface area contributed by atoms with Gasteiger partial charge in [-0.3, -0.25) is 4.79 Å². The second-order valence-corrected chi connectivity index (χ2v) is 4.04. The average molecular weight is 268 g/mol. The highest BCUT2D eigenvalue weighted by molar-refractivity contribution is 6.35. The maximum atomic E-state index is 13.5. The van der Waals surface area contributed by atoms with Crippen molar-refractivity contribution >= 4 is 23.1 Å². The van der Waals surface area contributed by atoms with Gasteiger partial charge in [0.05, 0.1) is 16.1 Å². The van der Waals surface area contributed by atoms with E-state index >= 15 is 0 Å². The molecule has 2 rings (SSSR count). The minimum Gasteiger partial charge on any atom is -0.398 e. The van der Waals surface area contributed by atoms with Gasteiger partial charge >= 0.3 is 0 Å². The van der Waals surface area contributed by atoms with Crippen molar-refractivity contribution in [3.05, 3.63) is 64.2 Å². The molecule has 0 aliphatic heterocycles. The Labute approximate surface area is 107 Å². The van der Waals surface area contributed by atoms with Crippen molar-refractivity contribution < 1.29 is 13.6 Å². The zero-order valence-corrected chi connectivity index (χ0v) is 9.84. The molecular weight excluding hydrogens is 260 g/mol. The van der Waals surface area contributed by atoms with Gasteiger partial charge in [-0.25, -0.2) is 8.78 Å². The van der Waals surface area contributed by atoms with Gasteiger partial charge in [0.2, 0.25) is 5.78 Å². The maximum Gasteiger partial charge on any atom is 0.202 e. The maximum absolute atomic E-state index is 13.5. The van der Waals surface area contributed by atoms with Crippen LogP contribution in [0.5, 0.6) is 0 Å². The molecule has 0 fully saturated rings. The highest BCUT2D eigenvalue weighted by Crippen LogP contribution is 2.26. The average Bonchev–Trinajstić information content (AvgIpc) is 2.28. The Bertz CT molecular complexity index is 534. The minimum atomic E-state index is -0.945. The predicted molar refractivity (Wildman–Crippen MR) is 65.7 cm³/mol. The normalized spacial score (nSPS) is 10.4. The topological polar surface area (TPSA) is 43.1 Å². The number of carbonyl (C=O) groups is 1. The van der Waals surface area contributed by atoms with Crippen LogP contribution in [0.25, 0.3) is 0 Å². The summed E-state index contributed by atoms with van der Waals surface area (Å²) in [5, 5.41) is 0.0580. The fourth-order valence-electron chi connectivity index (χ4n) is 1.62. The highest BCUT2D eigenvalue weighted by atomic mass is 35.5. The van der Waals surface area contributed by atoms with Gasteiger partial charge in [0, 0.05) is 5.69 Å². The van der Waals surface area contributed by atoms with E-state index in [1.165, 1.54) is 18.2 Å². The third-order valence-corrected chi connectivity index (χ3v) is 2.78. The van der Waals surface area contributed by atoms with Crippen molar-refractivity contribution in [1.82, 2.24) is 0 Å². The van der Waals surface area contributed by atoms with E-state index in [2.05, 4.69) is 0 Å². The smallest absolute Gasteiger partial charge is 0.202 e. The number of rotatable bonds is 2. The Kier molecular flexibility index (Phi) is 3.30. The summed E-state index contributed by atoms with van der Waals surface area (Å²) in [6.45, 7) is 0. The fraction of sp³-hybridized carbons (Fsp3) is 0. The van der Waals surface area contributed by atoms with Gasteiger partial charge in [-0.2, -0.15) is 0 Å². The first-order valence-corrected chi connectivity index (χ1v) is 5.43. The van der Waals surface area contributed by atoms with E-state index in [0.29, 0.717) is 0 Å². The van der Waals surface area contributed by atoms with Crippen molar-refractivity contribution in [2.75, 3.05) is 5.73 Å². The van der Waals surface area contributed by atoms with E-state index in [9.17, 15) is 13.6 Å². The molecule has 0 aliphatic rings. The van der Waals surface area contributed by atoms with Crippen LogP contribution in [0.2, 0.25) is 5.02 Å². The molecule has 0 bridgehead atoms. The Morgan fingerprint density at radius 1 is 1.00 bits per heavy atom. The lowest BCUT2D eigenvalue weighted by atomic mass is 10.0. The molecule has 2 aromatic rings. The van der Waals surface area contributed by atoms with Gasteiger partial charge in [-0.05, 0) is 24.3 Å². The van der Waals surface area contributed by atoms with E-state index in [1.807, 2.05) is 0 Å². The zero-order chi connectivity index (χ0) is 13.3. The molecule has 2 aromatic carbocycles. The van der Waals surface area contributed by atoms with Crippen molar-refractivity contribution in [2.45, 2.75) is 0 Å². The first kappa shape index (κ1) is 12.5. The molecule has 2 N–H and O–H groups in total. The van der Waals surface area contributed by atoms with Crippen LogP contribution in [0.15, 0.2) is 36.4 Å². The van der Waals surface area contributed by atoms with Gasteiger partial charge in [0.25, 0.3) is 0 Å². The number of anilines is 1. The van der Waals surface area contributed by atoms with Gasteiger partial charge < -0.3 is 5.73 Å². The van der Waals surface area contributed by atoms with Crippen LogP contribution in [-0.4, -0.2) is 5.78 Å². The molecule has 0 aromatic heterocycles. The van der Waals surface area contributed by atoms with Crippen molar-refractivity contribution in [1.29, 1.82) is 0 Å². The fourth-order valence-corrected chi connectivity index (χ4v) is 1.89. The number of carbonyl (C=O) groups excluding carboxylic acids is 1. The van der Waals surface area contributed by atoms with Crippen molar-refractivity contribution in [3.63, 3.8) is 0 Å². The summed E-state index contributed by atoms with van der Waals surface area (Å²) in [4.78, 5) is 12.1. The summed E-state index contributed by atoms with van der Waals surface area (Å²) < 4.78 is 27.0. The number of benzene rings is 2. The summed E-state index contributed by atoms with van der Waals surface area (Å²) >= 11 is 5.83. The van der Waals surface area contributed by atoms with Crippen LogP contribution >= 0.6 is 11.6 Å². The molecule has 18 heavy (non-hydrogen) atoms. The lowest BCUT2D eigenvalue weighted by molar-refractivity contribution is 0.103. The largest absolute Gasteiger partial charge is 0.398 e. The molecule has 92 valence electrons. The number of halogens is 3. The van der Waals surface area contributed by atoms with Crippen LogP contribution in [0.1, 0.15) is 15.9 Å². The van der Waals surface area contributed by atoms with Gasteiger partial charge in [-0.1, -0.05) is 23.7 Å². The molecule has 0 amide bonds. The summed E-state index contributed by atoms with van der Waals surface area (Å²) in [6, 6.07) is 7.61. The standard InChI is InChI=1S/C13H8ClF2NO/c14-7-3-1-6-10(17)11(7)13(18)12-8(15)4-2-5-9(12)16/h1-6H,17H2. The number of nitrogens with two attached hydrogens (primary N) is 1. The Morgan fingerprint density at radius 3 is 2.11 bits per heavy atom. The molecule has 0 aliphatic carbocycles. The Balaban J connectivity index is 2.63. The molecule has 0 spiro atoms. The second-order valence-electron chi connectivity index (χ2n) is 3.63. The lowest BCUT2D eigenvalue weighted by Gasteiger charge is -2.08. The monoisotopic (exact) mass is 267 g/mol. The second kappa shape index (κ2) is 4.74. The molecule has 5 heteroatoms. The van der Waals surface area contributed by atoms with Gasteiger partial charge in [0.1, 0.15) is 11.6 Å². The summed E-state index contributed by atoms with van der Waals surface area (Å²) in [5.41, 5.74) is 4.94. The van der Waals surface area contributed by atoms with Crippen molar-refractivity contribution in [3.8, 4) is 0 Å². The molecule has 0 atom stereocenters. The third kappa shape index (κ3) is 2.07. The number of hydrogen-bond donors (Lipinski definition) is 1. The SMILES string of the molecule is Nc1cccc(Cl)c1C(=O)c1c(F)cccc1F. The van der Waals surface area contributed by atoms with Crippen molar-refractivity contribution in [2.24, 2.45) is 0 Å². The molecule has 0 unspecified atom stereocenters. The summed E-state index contributed by atoms with van der Waals surface area (Å²) in [5.74, 6) is -2.76. The molecule has 2 nitrogen and oxygen atoms in total. The van der Waals surface area contributed by atoms with E-state index < -0.39 is 23.0 Å². The zero-order valence-electron chi connectivity index (χ0n) is 9.08. The van der Waals surface area contributed by atoms with Crippen LogP contribution in [0.4, 0.5) is 14.5 Å². The molecular formula is C13H8ClF2NO. The quantitative estimate of drug-likeness (QED) is 0.669. The van der Waals surface area contributed by atoms with Crippen LogP contribution in [0.3, 0.4) is 0 Å². The lowest BCUT2D eigenvalue weighted by Crippen LogP contribution is -2.10. The van der Waals surface area contributed by atoms with E-state index in [0.717, 1.165) is 12.1 Å². The van der Waals surface area contributed by atoms with E-state index in [-0.39, 0.29) is 16.3 Å². The highest BCUT2D eigenvalue weighted by Gasteiger charge is 2.22. The van der Waals surface area contributed by atoms with E-state index in [4.69, 9.17) is 17.3 Å². The van der Waals surface area contributed by atoms with Crippen LogP contribution < -0.4 is 5.73 Å². The summed E-state index contributed by atoms with van der Waals surface area (Å²) in [6.07, 6.45) is 0. The van der Waals surface area contributed by atoms with Crippen LogP contribution in [-0.2, 0) is 0 Å². The minimum absolute atomic E-state index is 0.0580. The van der Waals surface area contributed by atoms with E-state index in [1.54, 1.807) is 6.07 Å².